The van der Waals surface area contributed by atoms with Gasteiger partial charge >= 0.3 is 0 Å². The lowest BCUT2D eigenvalue weighted by Gasteiger charge is -2.26. The van der Waals surface area contributed by atoms with Crippen LogP contribution in [0.4, 0.5) is 0 Å². The number of carbonyl (C=O) groups is 2. The van der Waals surface area contributed by atoms with Gasteiger partial charge in [0.1, 0.15) is 0 Å². The fourth-order valence-electron chi connectivity index (χ4n) is 2.77. The van der Waals surface area contributed by atoms with E-state index in [9.17, 15) is 9.59 Å². The Morgan fingerprint density at radius 3 is 2.91 bits per heavy atom. The number of hydrogen-bond donors (Lipinski definition) is 1. The van der Waals surface area contributed by atoms with E-state index < -0.39 is 0 Å². The summed E-state index contributed by atoms with van der Waals surface area (Å²) in [4.78, 5) is 29.5. The molecule has 0 unspecified atom stereocenters. The molecule has 0 radical (unpaired) electrons. The van der Waals surface area contributed by atoms with E-state index in [1.807, 2.05) is 35.0 Å². The lowest BCUT2D eigenvalue weighted by molar-refractivity contribution is -0.137. The van der Waals surface area contributed by atoms with Crippen LogP contribution in [0.15, 0.2) is 43.0 Å². The molecule has 6 nitrogen and oxygen atoms in total. The molecule has 0 atom stereocenters. The van der Waals surface area contributed by atoms with Crippen LogP contribution in [0.25, 0.3) is 5.69 Å². The number of carbonyl (C=O) groups excluding carboxylic acids is 2. The van der Waals surface area contributed by atoms with E-state index in [1.165, 1.54) is 0 Å². The summed E-state index contributed by atoms with van der Waals surface area (Å²) in [6.07, 6.45) is 7.77. The summed E-state index contributed by atoms with van der Waals surface area (Å²) in [5.74, 6) is -0.0501. The summed E-state index contributed by atoms with van der Waals surface area (Å²) in [5.41, 5.74) is 1.99. The second kappa shape index (κ2) is 7.09. The molecule has 2 aromatic rings. The molecule has 0 saturated carbocycles. The number of aromatic nitrogens is 2. The van der Waals surface area contributed by atoms with Crippen molar-refractivity contribution in [3.63, 3.8) is 0 Å². The van der Waals surface area contributed by atoms with Gasteiger partial charge in [-0.25, -0.2) is 4.98 Å². The molecule has 1 aromatic carbocycles. The zero-order valence-electron chi connectivity index (χ0n) is 12.9. The van der Waals surface area contributed by atoms with Crippen molar-refractivity contribution in [2.75, 3.05) is 13.1 Å². The molecule has 2 heterocycles. The topological polar surface area (TPSA) is 67.2 Å². The Morgan fingerprint density at radius 2 is 2.13 bits per heavy atom. The first kappa shape index (κ1) is 15.3. The molecule has 0 spiro atoms. The number of amides is 2. The van der Waals surface area contributed by atoms with Crippen LogP contribution < -0.4 is 5.32 Å². The number of para-hydroxylation sites is 1. The molecule has 2 amide bonds. The van der Waals surface area contributed by atoms with Gasteiger partial charge in [-0.15, -0.1) is 0 Å². The van der Waals surface area contributed by atoms with Gasteiger partial charge in [-0.2, -0.15) is 0 Å². The number of likely N-dealkylation sites (tertiary alicyclic amines) is 1. The Labute approximate surface area is 135 Å². The Balaban J connectivity index is 1.60. The quantitative estimate of drug-likeness (QED) is 0.910. The van der Waals surface area contributed by atoms with E-state index in [4.69, 9.17) is 0 Å². The number of hydrogen-bond acceptors (Lipinski definition) is 3. The second-order valence-electron chi connectivity index (χ2n) is 5.65. The van der Waals surface area contributed by atoms with Crippen LogP contribution in [-0.2, 0) is 16.1 Å². The minimum Gasteiger partial charge on any atom is -0.350 e. The third-order valence-corrected chi connectivity index (χ3v) is 4.01. The van der Waals surface area contributed by atoms with Gasteiger partial charge in [0, 0.05) is 31.9 Å². The van der Waals surface area contributed by atoms with Crippen molar-refractivity contribution in [1.29, 1.82) is 0 Å². The molecular weight excluding hydrogens is 292 g/mol. The molecule has 0 aliphatic carbocycles. The van der Waals surface area contributed by atoms with Crippen LogP contribution >= 0.6 is 0 Å². The van der Waals surface area contributed by atoms with Crippen LogP contribution in [0.5, 0.6) is 0 Å². The first-order chi connectivity index (χ1) is 11.2. The highest BCUT2D eigenvalue weighted by Gasteiger charge is 2.20. The summed E-state index contributed by atoms with van der Waals surface area (Å²) < 4.78 is 1.91. The first-order valence-corrected chi connectivity index (χ1v) is 7.85. The highest BCUT2D eigenvalue weighted by atomic mass is 16.2. The lowest BCUT2D eigenvalue weighted by Crippen LogP contribution is -2.42. The van der Waals surface area contributed by atoms with Gasteiger partial charge in [-0.1, -0.05) is 18.2 Å². The van der Waals surface area contributed by atoms with Crippen LogP contribution in [0.2, 0.25) is 0 Å². The maximum atomic E-state index is 12.1. The van der Waals surface area contributed by atoms with Crippen molar-refractivity contribution in [2.45, 2.75) is 25.8 Å². The van der Waals surface area contributed by atoms with E-state index in [0.717, 1.165) is 24.1 Å². The van der Waals surface area contributed by atoms with E-state index in [2.05, 4.69) is 10.3 Å². The van der Waals surface area contributed by atoms with Crippen LogP contribution in [0.3, 0.4) is 0 Å². The van der Waals surface area contributed by atoms with E-state index in [-0.39, 0.29) is 18.4 Å². The monoisotopic (exact) mass is 312 g/mol. The van der Waals surface area contributed by atoms with Gasteiger partial charge in [0.25, 0.3) is 0 Å². The molecule has 3 rings (SSSR count). The fourth-order valence-corrected chi connectivity index (χ4v) is 2.77. The molecule has 6 heteroatoms. The van der Waals surface area contributed by atoms with Crippen molar-refractivity contribution in [3.8, 4) is 5.69 Å². The van der Waals surface area contributed by atoms with Crippen LogP contribution in [0, 0.1) is 0 Å². The zero-order valence-corrected chi connectivity index (χ0v) is 12.9. The molecule has 0 bridgehead atoms. The number of benzene rings is 1. The van der Waals surface area contributed by atoms with Crippen molar-refractivity contribution in [2.24, 2.45) is 0 Å². The molecule has 1 N–H and O–H groups in total. The van der Waals surface area contributed by atoms with Gasteiger partial charge in [0.2, 0.25) is 11.8 Å². The van der Waals surface area contributed by atoms with E-state index in [0.29, 0.717) is 19.5 Å². The Morgan fingerprint density at radius 1 is 1.26 bits per heavy atom. The van der Waals surface area contributed by atoms with Gasteiger partial charge in [-0.05, 0) is 24.5 Å². The zero-order chi connectivity index (χ0) is 16.1. The average Bonchev–Trinajstić information content (AvgIpc) is 3.10. The third-order valence-electron chi connectivity index (χ3n) is 4.01. The molecule has 120 valence electrons. The maximum absolute atomic E-state index is 12.1. The molecule has 1 fully saturated rings. The minimum absolute atomic E-state index is 0.0743. The molecule has 23 heavy (non-hydrogen) atoms. The highest BCUT2D eigenvalue weighted by molar-refractivity contribution is 5.85. The third kappa shape index (κ3) is 3.77. The van der Waals surface area contributed by atoms with Crippen molar-refractivity contribution >= 4 is 11.8 Å². The summed E-state index contributed by atoms with van der Waals surface area (Å²) in [6.45, 7) is 1.25. The van der Waals surface area contributed by atoms with Crippen molar-refractivity contribution in [1.82, 2.24) is 19.8 Å². The van der Waals surface area contributed by atoms with Crippen LogP contribution in [0.1, 0.15) is 24.8 Å². The van der Waals surface area contributed by atoms with Gasteiger partial charge < -0.3 is 14.8 Å². The SMILES string of the molecule is O=C(CN1CCCCC1=O)NCc1ccccc1-n1ccnc1. The maximum Gasteiger partial charge on any atom is 0.239 e. The number of nitrogens with one attached hydrogen (secondary N) is 1. The van der Waals surface area contributed by atoms with Gasteiger partial charge in [0.15, 0.2) is 0 Å². The average molecular weight is 312 g/mol. The molecule has 1 saturated heterocycles. The number of imidazole rings is 1. The largest absolute Gasteiger partial charge is 0.350 e. The predicted molar refractivity (Wildman–Crippen MR) is 85.8 cm³/mol. The minimum atomic E-state index is -0.124. The summed E-state index contributed by atoms with van der Waals surface area (Å²) >= 11 is 0. The predicted octanol–water partition coefficient (Wildman–Crippen LogP) is 1.50. The normalized spacial score (nSPS) is 14.8. The Bertz CT molecular complexity index is 682. The van der Waals surface area contributed by atoms with Crippen molar-refractivity contribution < 1.29 is 9.59 Å². The fraction of sp³-hybridized carbons (Fsp3) is 0.353. The Hall–Kier alpha value is -2.63. The molecule has 1 aliphatic rings. The smallest absolute Gasteiger partial charge is 0.239 e. The van der Waals surface area contributed by atoms with E-state index >= 15 is 0 Å². The number of nitrogens with zero attached hydrogens (tertiary/aromatic N) is 3. The Kier molecular flexibility index (Phi) is 4.71. The highest BCUT2D eigenvalue weighted by Crippen LogP contribution is 2.14. The standard InChI is InChI=1S/C17H20N4O2/c22-16(12-20-9-4-3-7-17(20)23)19-11-14-5-1-2-6-15(14)21-10-8-18-13-21/h1-2,5-6,8,10,13H,3-4,7,9,11-12H2,(H,19,22). The summed E-state index contributed by atoms with van der Waals surface area (Å²) in [6, 6.07) is 7.85. The van der Waals surface area contributed by atoms with Gasteiger partial charge in [0.05, 0.1) is 18.6 Å². The van der Waals surface area contributed by atoms with Gasteiger partial charge in [-0.3, -0.25) is 9.59 Å². The van der Waals surface area contributed by atoms with Crippen LogP contribution in [-0.4, -0.2) is 39.4 Å². The van der Waals surface area contributed by atoms with E-state index in [1.54, 1.807) is 17.4 Å². The van der Waals surface area contributed by atoms with Crippen molar-refractivity contribution in [3.05, 3.63) is 48.5 Å². The molecule has 1 aliphatic heterocycles. The molecule has 1 aromatic heterocycles. The molecular formula is C17H20N4O2. The summed E-state index contributed by atoms with van der Waals surface area (Å²) in [7, 11) is 0. The second-order valence-corrected chi connectivity index (χ2v) is 5.65. The summed E-state index contributed by atoms with van der Waals surface area (Å²) in [5, 5.41) is 2.90. The number of rotatable bonds is 5. The first-order valence-electron chi connectivity index (χ1n) is 7.85. The number of piperidine rings is 1. The lowest BCUT2D eigenvalue weighted by atomic mass is 10.1.